The lowest BCUT2D eigenvalue weighted by Crippen LogP contribution is -2.04. The van der Waals surface area contributed by atoms with Gasteiger partial charge in [0.2, 0.25) is 11.7 Å². The SMILES string of the molecule is CC(N)c1nc(-c2ccc(OCc3ccccc3)cc2)no1. The largest absolute Gasteiger partial charge is 0.489 e. The zero-order chi connectivity index (χ0) is 15.4. The fourth-order valence-electron chi connectivity index (χ4n) is 1.98. The van der Waals surface area contributed by atoms with E-state index in [9.17, 15) is 0 Å². The minimum atomic E-state index is -0.269. The summed E-state index contributed by atoms with van der Waals surface area (Å²) in [5, 5.41) is 3.92. The van der Waals surface area contributed by atoms with E-state index in [0.717, 1.165) is 16.9 Å². The monoisotopic (exact) mass is 295 g/mol. The summed E-state index contributed by atoms with van der Waals surface area (Å²) in [5.41, 5.74) is 7.70. The first-order valence-electron chi connectivity index (χ1n) is 7.09. The summed E-state index contributed by atoms with van der Waals surface area (Å²) in [7, 11) is 0. The minimum absolute atomic E-state index is 0.269. The average molecular weight is 295 g/mol. The van der Waals surface area contributed by atoms with Gasteiger partial charge in [0, 0.05) is 5.56 Å². The highest BCUT2D eigenvalue weighted by atomic mass is 16.5. The molecule has 0 fully saturated rings. The number of nitrogens with two attached hydrogens (primary N) is 1. The Morgan fingerprint density at radius 2 is 1.82 bits per heavy atom. The van der Waals surface area contributed by atoms with Crippen LogP contribution < -0.4 is 10.5 Å². The van der Waals surface area contributed by atoms with E-state index >= 15 is 0 Å². The lowest BCUT2D eigenvalue weighted by atomic mass is 10.2. The normalized spacial score (nSPS) is 12.1. The highest BCUT2D eigenvalue weighted by molar-refractivity contribution is 5.55. The molecule has 0 aliphatic carbocycles. The number of nitrogens with zero attached hydrogens (tertiary/aromatic N) is 2. The Kier molecular flexibility index (Phi) is 4.16. The number of benzene rings is 2. The fraction of sp³-hybridized carbons (Fsp3) is 0.176. The summed E-state index contributed by atoms with van der Waals surface area (Å²) >= 11 is 0. The third-order valence-electron chi connectivity index (χ3n) is 3.19. The molecule has 1 unspecified atom stereocenters. The van der Waals surface area contributed by atoms with Gasteiger partial charge in [-0.2, -0.15) is 4.98 Å². The van der Waals surface area contributed by atoms with E-state index in [4.69, 9.17) is 15.0 Å². The number of hydrogen-bond donors (Lipinski definition) is 1. The van der Waals surface area contributed by atoms with E-state index in [1.807, 2.05) is 54.6 Å². The number of hydrogen-bond acceptors (Lipinski definition) is 5. The lowest BCUT2D eigenvalue weighted by molar-refractivity contribution is 0.306. The zero-order valence-corrected chi connectivity index (χ0v) is 12.3. The van der Waals surface area contributed by atoms with Crippen LogP contribution in [0.3, 0.4) is 0 Å². The molecule has 0 bridgehead atoms. The molecule has 1 aromatic heterocycles. The van der Waals surface area contributed by atoms with Crippen LogP contribution in [0.15, 0.2) is 59.1 Å². The first-order valence-corrected chi connectivity index (χ1v) is 7.09. The van der Waals surface area contributed by atoms with Crippen LogP contribution in [-0.4, -0.2) is 10.1 Å². The van der Waals surface area contributed by atoms with Crippen LogP contribution in [0, 0.1) is 0 Å². The van der Waals surface area contributed by atoms with Crippen LogP contribution >= 0.6 is 0 Å². The number of rotatable bonds is 5. The van der Waals surface area contributed by atoms with Gasteiger partial charge >= 0.3 is 0 Å². The average Bonchev–Trinajstić information content (AvgIpc) is 3.05. The Labute approximate surface area is 128 Å². The molecule has 0 saturated heterocycles. The summed E-state index contributed by atoms with van der Waals surface area (Å²) in [6, 6.07) is 17.3. The second-order valence-corrected chi connectivity index (χ2v) is 5.04. The van der Waals surface area contributed by atoms with Crippen molar-refractivity contribution in [2.75, 3.05) is 0 Å². The maximum atomic E-state index is 5.74. The van der Waals surface area contributed by atoms with Crippen LogP contribution in [0.5, 0.6) is 5.75 Å². The molecular weight excluding hydrogens is 278 g/mol. The first-order chi connectivity index (χ1) is 10.7. The summed E-state index contributed by atoms with van der Waals surface area (Å²) in [5.74, 6) is 1.75. The van der Waals surface area contributed by atoms with Crippen molar-refractivity contribution in [3.63, 3.8) is 0 Å². The maximum absolute atomic E-state index is 5.74. The van der Waals surface area contributed by atoms with E-state index < -0.39 is 0 Å². The molecule has 22 heavy (non-hydrogen) atoms. The molecule has 2 aromatic carbocycles. The Bertz CT molecular complexity index is 721. The van der Waals surface area contributed by atoms with Gasteiger partial charge in [0.15, 0.2) is 0 Å². The van der Waals surface area contributed by atoms with E-state index in [0.29, 0.717) is 18.3 Å². The third kappa shape index (κ3) is 3.32. The van der Waals surface area contributed by atoms with Gasteiger partial charge < -0.3 is 15.0 Å². The molecule has 0 saturated carbocycles. The standard InChI is InChI=1S/C17H17N3O2/c1-12(18)17-19-16(20-22-17)14-7-9-15(10-8-14)21-11-13-5-3-2-4-6-13/h2-10,12H,11,18H2,1H3. The molecule has 0 radical (unpaired) electrons. The molecule has 2 N–H and O–H groups in total. The molecular formula is C17H17N3O2. The fourth-order valence-corrected chi connectivity index (χ4v) is 1.98. The van der Waals surface area contributed by atoms with Crippen LogP contribution in [0.1, 0.15) is 24.4 Å². The van der Waals surface area contributed by atoms with Crippen LogP contribution in [0.4, 0.5) is 0 Å². The molecule has 1 heterocycles. The van der Waals surface area contributed by atoms with Crippen LogP contribution in [-0.2, 0) is 6.61 Å². The Balaban J connectivity index is 1.67. The molecule has 1 atom stereocenters. The molecule has 112 valence electrons. The van der Waals surface area contributed by atoms with Gasteiger partial charge in [0.05, 0.1) is 6.04 Å². The van der Waals surface area contributed by atoms with Crippen LogP contribution in [0.2, 0.25) is 0 Å². The predicted octanol–water partition coefficient (Wildman–Crippen LogP) is 3.34. The van der Waals surface area contributed by atoms with Gasteiger partial charge in [0.25, 0.3) is 0 Å². The molecule has 0 aliphatic heterocycles. The third-order valence-corrected chi connectivity index (χ3v) is 3.19. The molecule has 0 amide bonds. The molecule has 5 nitrogen and oxygen atoms in total. The highest BCUT2D eigenvalue weighted by Gasteiger charge is 2.11. The van der Waals surface area contributed by atoms with E-state index in [2.05, 4.69) is 10.1 Å². The Morgan fingerprint density at radius 1 is 1.09 bits per heavy atom. The Hall–Kier alpha value is -2.66. The Morgan fingerprint density at radius 3 is 2.45 bits per heavy atom. The summed E-state index contributed by atoms with van der Waals surface area (Å²) in [6.07, 6.45) is 0. The first kappa shape index (κ1) is 14.3. The van der Waals surface area contributed by atoms with Crippen molar-refractivity contribution in [1.29, 1.82) is 0 Å². The second kappa shape index (κ2) is 6.41. The van der Waals surface area contributed by atoms with Gasteiger partial charge in [0.1, 0.15) is 12.4 Å². The summed E-state index contributed by atoms with van der Waals surface area (Å²) < 4.78 is 10.8. The van der Waals surface area contributed by atoms with Crippen molar-refractivity contribution in [2.24, 2.45) is 5.73 Å². The van der Waals surface area contributed by atoms with Crippen molar-refractivity contribution >= 4 is 0 Å². The number of ether oxygens (including phenoxy) is 1. The molecule has 3 rings (SSSR count). The highest BCUT2D eigenvalue weighted by Crippen LogP contribution is 2.21. The molecule has 0 spiro atoms. The van der Waals surface area contributed by atoms with Crippen LogP contribution in [0.25, 0.3) is 11.4 Å². The van der Waals surface area contributed by atoms with Gasteiger partial charge in [-0.3, -0.25) is 0 Å². The summed E-state index contributed by atoms with van der Waals surface area (Å²) in [4.78, 5) is 4.26. The predicted molar refractivity (Wildman–Crippen MR) is 83.1 cm³/mol. The lowest BCUT2D eigenvalue weighted by Gasteiger charge is -2.06. The van der Waals surface area contributed by atoms with Crippen molar-refractivity contribution in [1.82, 2.24) is 10.1 Å². The van der Waals surface area contributed by atoms with Gasteiger partial charge in [-0.15, -0.1) is 0 Å². The maximum Gasteiger partial charge on any atom is 0.243 e. The van der Waals surface area contributed by atoms with E-state index in [1.165, 1.54) is 0 Å². The second-order valence-electron chi connectivity index (χ2n) is 5.04. The van der Waals surface area contributed by atoms with Crippen molar-refractivity contribution in [2.45, 2.75) is 19.6 Å². The van der Waals surface area contributed by atoms with Gasteiger partial charge in [-0.05, 0) is 36.8 Å². The van der Waals surface area contributed by atoms with Crippen molar-refractivity contribution < 1.29 is 9.26 Å². The smallest absolute Gasteiger partial charge is 0.243 e. The van der Waals surface area contributed by atoms with Gasteiger partial charge in [-0.25, -0.2) is 0 Å². The van der Waals surface area contributed by atoms with E-state index in [1.54, 1.807) is 6.92 Å². The minimum Gasteiger partial charge on any atom is -0.489 e. The van der Waals surface area contributed by atoms with E-state index in [-0.39, 0.29) is 6.04 Å². The summed E-state index contributed by atoms with van der Waals surface area (Å²) in [6.45, 7) is 2.34. The number of aromatic nitrogens is 2. The topological polar surface area (TPSA) is 74.2 Å². The molecule has 3 aromatic rings. The van der Waals surface area contributed by atoms with Gasteiger partial charge in [-0.1, -0.05) is 35.5 Å². The van der Waals surface area contributed by atoms with Crippen molar-refractivity contribution in [3.05, 3.63) is 66.1 Å². The zero-order valence-electron chi connectivity index (χ0n) is 12.3. The molecule has 5 heteroatoms. The quantitative estimate of drug-likeness (QED) is 0.781. The van der Waals surface area contributed by atoms with Crippen molar-refractivity contribution in [3.8, 4) is 17.1 Å². The molecule has 0 aliphatic rings.